The third-order valence-corrected chi connectivity index (χ3v) is 3.18. The van der Waals surface area contributed by atoms with Gasteiger partial charge in [0.15, 0.2) is 0 Å². The number of urea groups is 1. The average molecular weight is 340 g/mol. The molecule has 3 amide bonds. The monoisotopic (exact) mass is 340 g/mol. The quantitative estimate of drug-likeness (QED) is 0.756. The summed E-state index contributed by atoms with van der Waals surface area (Å²) in [6, 6.07) is 12.1. The van der Waals surface area contributed by atoms with Crippen LogP contribution in [0.25, 0.3) is 0 Å². The van der Waals surface area contributed by atoms with Gasteiger partial charge in [0.25, 0.3) is 0 Å². The van der Waals surface area contributed by atoms with Crippen molar-refractivity contribution in [2.24, 2.45) is 0 Å². The van der Waals surface area contributed by atoms with Crippen LogP contribution in [0.4, 0.5) is 10.5 Å². The Labute approximate surface area is 146 Å². The largest absolute Gasteiger partial charge is 0.439 e. The normalized spacial score (nSPS) is 9.80. The van der Waals surface area contributed by atoms with Gasteiger partial charge in [-0.1, -0.05) is 12.1 Å². The van der Waals surface area contributed by atoms with Crippen LogP contribution in [0.5, 0.6) is 11.6 Å². The van der Waals surface area contributed by atoms with Crippen molar-refractivity contribution in [1.82, 2.24) is 15.6 Å². The molecule has 0 unspecified atom stereocenters. The minimum Gasteiger partial charge on any atom is -0.439 e. The Hall–Kier alpha value is -3.35. The summed E-state index contributed by atoms with van der Waals surface area (Å²) < 4.78 is 5.61. The molecular formula is C18H20N4O3. The van der Waals surface area contributed by atoms with Gasteiger partial charge in [-0.3, -0.25) is 10.1 Å². The number of pyridine rings is 1. The zero-order valence-electron chi connectivity index (χ0n) is 13.9. The molecule has 1 heterocycles. The van der Waals surface area contributed by atoms with Crippen LogP contribution < -0.4 is 20.3 Å². The molecule has 2 rings (SSSR count). The summed E-state index contributed by atoms with van der Waals surface area (Å²) in [7, 11) is 1.76. The zero-order chi connectivity index (χ0) is 18.1. The highest BCUT2D eigenvalue weighted by molar-refractivity contribution is 5.96. The van der Waals surface area contributed by atoms with Gasteiger partial charge in [0.2, 0.25) is 11.8 Å². The van der Waals surface area contributed by atoms with Crippen molar-refractivity contribution < 1.29 is 14.3 Å². The number of imide groups is 1. The Morgan fingerprint density at radius 1 is 1.24 bits per heavy atom. The van der Waals surface area contributed by atoms with E-state index in [-0.39, 0.29) is 6.54 Å². The Bertz CT molecular complexity index is 717. The van der Waals surface area contributed by atoms with Crippen molar-refractivity contribution in [3.63, 3.8) is 0 Å². The van der Waals surface area contributed by atoms with Gasteiger partial charge in [-0.2, -0.15) is 0 Å². The van der Waals surface area contributed by atoms with E-state index < -0.39 is 11.9 Å². The lowest BCUT2D eigenvalue weighted by Crippen LogP contribution is -2.43. The van der Waals surface area contributed by atoms with Crippen molar-refractivity contribution in [2.75, 3.05) is 25.0 Å². The number of likely N-dealkylation sites (N-methyl/N-ethyl adjacent to an activating group) is 1. The molecule has 25 heavy (non-hydrogen) atoms. The summed E-state index contributed by atoms with van der Waals surface area (Å²) in [4.78, 5) is 29.1. The second kappa shape index (κ2) is 9.07. The fourth-order valence-electron chi connectivity index (χ4n) is 1.98. The van der Waals surface area contributed by atoms with Gasteiger partial charge in [0.1, 0.15) is 5.75 Å². The standard InChI is InChI=1S/C18H20N4O3/c1-3-11-20-18(24)21-16(23)13-22(2)14-7-9-15(10-8-14)25-17-6-4-5-12-19-17/h3-10,12H,1,11,13H2,2H3,(H2,20,21,23,24). The van der Waals surface area contributed by atoms with E-state index in [1.165, 1.54) is 6.08 Å². The van der Waals surface area contributed by atoms with E-state index in [2.05, 4.69) is 22.2 Å². The topological polar surface area (TPSA) is 83.6 Å². The minimum atomic E-state index is -0.544. The van der Waals surface area contributed by atoms with Gasteiger partial charge < -0.3 is 15.0 Å². The third kappa shape index (κ3) is 5.98. The molecular weight excluding hydrogens is 320 g/mol. The van der Waals surface area contributed by atoms with Gasteiger partial charge in [-0.05, 0) is 30.3 Å². The molecule has 0 saturated carbocycles. The highest BCUT2D eigenvalue weighted by Crippen LogP contribution is 2.22. The second-order valence-electron chi connectivity index (χ2n) is 5.17. The molecule has 0 aliphatic rings. The number of hydrogen-bond donors (Lipinski definition) is 2. The van der Waals surface area contributed by atoms with E-state index in [4.69, 9.17) is 4.74 Å². The van der Waals surface area contributed by atoms with E-state index in [0.717, 1.165) is 5.69 Å². The average Bonchev–Trinajstić information content (AvgIpc) is 2.61. The SMILES string of the molecule is C=CCNC(=O)NC(=O)CN(C)c1ccc(Oc2ccccn2)cc1. The first kappa shape index (κ1) is 18.0. The highest BCUT2D eigenvalue weighted by Gasteiger charge is 2.10. The molecule has 0 radical (unpaired) electrons. The smallest absolute Gasteiger partial charge is 0.321 e. The van der Waals surface area contributed by atoms with Crippen LogP contribution in [0.3, 0.4) is 0 Å². The van der Waals surface area contributed by atoms with Crippen molar-refractivity contribution in [3.8, 4) is 11.6 Å². The van der Waals surface area contributed by atoms with Crippen LogP contribution in [-0.4, -0.2) is 37.1 Å². The summed E-state index contributed by atoms with van der Waals surface area (Å²) in [6.45, 7) is 3.83. The number of aromatic nitrogens is 1. The second-order valence-corrected chi connectivity index (χ2v) is 5.17. The molecule has 0 aliphatic carbocycles. The number of ether oxygens (including phenoxy) is 1. The lowest BCUT2D eigenvalue weighted by Gasteiger charge is -2.18. The van der Waals surface area contributed by atoms with E-state index >= 15 is 0 Å². The first-order valence-electron chi connectivity index (χ1n) is 7.67. The molecule has 0 fully saturated rings. The lowest BCUT2D eigenvalue weighted by atomic mass is 10.3. The highest BCUT2D eigenvalue weighted by atomic mass is 16.5. The molecule has 0 aliphatic heterocycles. The number of nitrogens with zero attached hydrogens (tertiary/aromatic N) is 2. The van der Waals surface area contributed by atoms with Gasteiger partial charge in [-0.15, -0.1) is 6.58 Å². The Kier molecular flexibility index (Phi) is 6.53. The van der Waals surface area contributed by atoms with Gasteiger partial charge in [-0.25, -0.2) is 9.78 Å². The maximum Gasteiger partial charge on any atom is 0.321 e. The Balaban J connectivity index is 1.87. The molecule has 0 atom stereocenters. The summed E-state index contributed by atoms with van der Waals surface area (Å²) in [5.41, 5.74) is 0.815. The molecule has 1 aromatic heterocycles. The number of benzene rings is 1. The number of amides is 3. The van der Waals surface area contributed by atoms with Crippen molar-refractivity contribution >= 4 is 17.6 Å². The van der Waals surface area contributed by atoms with Gasteiger partial charge in [0, 0.05) is 31.5 Å². The van der Waals surface area contributed by atoms with Gasteiger partial charge >= 0.3 is 6.03 Å². The van der Waals surface area contributed by atoms with Crippen LogP contribution in [0, 0.1) is 0 Å². The minimum absolute atomic E-state index is 0.0436. The van der Waals surface area contributed by atoms with Crippen LogP contribution in [0.2, 0.25) is 0 Å². The Morgan fingerprint density at radius 3 is 2.64 bits per heavy atom. The molecule has 0 spiro atoms. The number of carbonyl (C=O) groups excluding carboxylic acids is 2. The maximum absolute atomic E-state index is 11.8. The molecule has 7 heteroatoms. The number of nitrogens with one attached hydrogen (secondary N) is 2. The number of hydrogen-bond acceptors (Lipinski definition) is 5. The van der Waals surface area contributed by atoms with Crippen LogP contribution in [0.15, 0.2) is 61.3 Å². The molecule has 1 aromatic carbocycles. The molecule has 0 saturated heterocycles. The van der Waals surface area contributed by atoms with E-state index in [1.807, 2.05) is 24.3 Å². The molecule has 7 nitrogen and oxygen atoms in total. The molecule has 130 valence electrons. The zero-order valence-corrected chi connectivity index (χ0v) is 13.9. The first-order valence-corrected chi connectivity index (χ1v) is 7.67. The van der Waals surface area contributed by atoms with E-state index in [9.17, 15) is 9.59 Å². The predicted octanol–water partition coefficient (Wildman–Crippen LogP) is 2.32. The van der Waals surface area contributed by atoms with Crippen LogP contribution in [0.1, 0.15) is 0 Å². The fourth-order valence-corrected chi connectivity index (χ4v) is 1.98. The summed E-state index contributed by atoms with van der Waals surface area (Å²) >= 11 is 0. The number of anilines is 1. The van der Waals surface area contributed by atoms with Crippen molar-refractivity contribution in [2.45, 2.75) is 0 Å². The fraction of sp³-hybridized carbons (Fsp3) is 0.167. The first-order chi connectivity index (χ1) is 12.1. The van der Waals surface area contributed by atoms with Crippen LogP contribution in [-0.2, 0) is 4.79 Å². The molecule has 2 aromatic rings. The third-order valence-electron chi connectivity index (χ3n) is 3.18. The summed E-state index contributed by atoms with van der Waals surface area (Å²) in [6.07, 6.45) is 3.19. The summed E-state index contributed by atoms with van der Waals surface area (Å²) in [5, 5.41) is 4.73. The van der Waals surface area contributed by atoms with Gasteiger partial charge in [0.05, 0.1) is 6.54 Å². The van der Waals surface area contributed by atoms with Crippen molar-refractivity contribution in [1.29, 1.82) is 0 Å². The Morgan fingerprint density at radius 2 is 2.00 bits per heavy atom. The molecule has 0 bridgehead atoms. The summed E-state index contributed by atoms with van der Waals surface area (Å²) in [5.74, 6) is 0.746. The van der Waals surface area contributed by atoms with E-state index in [1.54, 1.807) is 36.3 Å². The predicted molar refractivity (Wildman–Crippen MR) is 95.8 cm³/mol. The number of carbonyl (C=O) groups is 2. The lowest BCUT2D eigenvalue weighted by molar-refractivity contribution is -0.118. The van der Waals surface area contributed by atoms with Crippen LogP contribution >= 0.6 is 0 Å². The maximum atomic E-state index is 11.8. The van der Waals surface area contributed by atoms with E-state index in [0.29, 0.717) is 18.2 Å². The number of rotatable bonds is 7. The van der Waals surface area contributed by atoms with Crippen molar-refractivity contribution in [3.05, 3.63) is 61.3 Å². The molecule has 2 N–H and O–H groups in total.